The van der Waals surface area contributed by atoms with Gasteiger partial charge in [-0.2, -0.15) is 5.10 Å². The van der Waals surface area contributed by atoms with E-state index in [0.717, 1.165) is 27.2 Å². The summed E-state index contributed by atoms with van der Waals surface area (Å²) in [6, 6.07) is 6.71. The van der Waals surface area contributed by atoms with Crippen LogP contribution in [0.25, 0.3) is 28.0 Å². The third-order valence-corrected chi connectivity index (χ3v) is 5.75. The Balaban J connectivity index is 1.44. The van der Waals surface area contributed by atoms with Gasteiger partial charge in [-0.25, -0.2) is 9.97 Å². The number of fused-ring (bicyclic) bond motifs is 1. The van der Waals surface area contributed by atoms with Crippen molar-refractivity contribution in [3.05, 3.63) is 76.0 Å². The van der Waals surface area contributed by atoms with Gasteiger partial charge in [0.2, 0.25) is 0 Å². The van der Waals surface area contributed by atoms with Gasteiger partial charge >= 0.3 is 0 Å². The summed E-state index contributed by atoms with van der Waals surface area (Å²) in [6.07, 6.45) is 8.37. The van der Waals surface area contributed by atoms with Gasteiger partial charge in [-0.05, 0) is 25.1 Å². The van der Waals surface area contributed by atoms with Gasteiger partial charge in [0.05, 0.1) is 23.1 Å². The maximum absolute atomic E-state index is 12.8. The van der Waals surface area contributed by atoms with Crippen molar-refractivity contribution in [2.75, 3.05) is 5.32 Å². The average Bonchev–Trinajstić information content (AvgIpc) is 3.46. The lowest BCUT2D eigenvalue weighted by molar-refractivity contribution is 0.102. The summed E-state index contributed by atoms with van der Waals surface area (Å²) < 4.78 is 2.98. The van der Waals surface area contributed by atoms with Gasteiger partial charge in [-0.3, -0.25) is 24.2 Å². The van der Waals surface area contributed by atoms with E-state index in [1.54, 1.807) is 30.3 Å². The molecule has 154 valence electrons. The lowest BCUT2D eigenvalue weighted by atomic mass is 10.1. The molecule has 0 unspecified atom stereocenters. The number of pyridine rings is 2. The van der Waals surface area contributed by atoms with E-state index in [9.17, 15) is 9.59 Å². The number of hydrogen-bond donors (Lipinski definition) is 2. The Morgan fingerprint density at radius 3 is 2.90 bits per heavy atom. The lowest BCUT2D eigenvalue weighted by Gasteiger charge is -2.06. The first-order valence-corrected chi connectivity index (χ1v) is 10.2. The maximum atomic E-state index is 12.8. The molecule has 1 amide bonds. The van der Waals surface area contributed by atoms with Gasteiger partial charge in [-0.15, -0.1) is 11.3 Å². The molecule has 5 rings (SSSR count). The smallest absolute Gasteiger partial charge is 0.258 e. The van der Waals surface area contributed by atoms with Gasteiger partial charge in [0.25, 0.3) is 11.5 Å². The number of amides is 1. The van der Waals surface area contributed by atoms with Gasteiger partial charge in [-0.1, -0.05) is 0 Å². The van der Waals surface area contributed by atoms with E-state index < -0.39 is 0 Å². The zero-order valence-electron chi connectivity index (χ0n) is 16.7. The number of hydrogen-bond acceptors (Lipinski definition) is 6. The Labute approximate surface area is 180 Å². The SMILES string of the molecule is Cc1sc(NC(=O)c2ccc(=O)n(-c3cnn(C)c3)c2)nc1-c1c[nH]c2ncccc12. The third-order valence-electron chi connectivity index (χ3n) is 4.87. The van der Waals surface area contributed by atoms with Crippen LogP contribution in [0.2, 0.25) is 0 Å². The second-order valence-corrected chi connectivity index (χ2v) is 8.18. The van der Waals surface area contributed by atoms with Crippen molar-refractivity contribution in [2.24, 2.45) is 7.05 Å². The summed E-state index contributed by atoms with van der Waals surface area (Å²) in [5.41, 5.74) is 3.19. The first-order chi connectivity index (χ1) is 15.0. The third kappa shape index (κ3) is 3.42. The van der Waals surface area contributed by atoms with Crippen molar-refractivity contribution in [3.8, 4) is 16.9 Å². The molecule has 0 saturated carbocycles. The highest BCUT2D eigenvalue weighted by molar-refractivity contribution is 7.16. The quantitative estimate of drug-likeness (QED) is 0.454. The van der Waals surface area contributed by atoms with Crippen LogP contribution in [-0.4, -0.2) is 35.2 Å². The molecule has 0 atom stereocenters. The molecule has 2 N–H and O–H groups in total. The number of nitrogens with zero attached hydrogens (tertiary/aromatic N) is 5. The molecule has 31 heavy (non-hydrogen) atoms. The first kappa shape index (κ1) is 18.9. The van der Waals surface area contributed by atoms with Crippen LogP contribution in [0.5, 0.6) is 0 Å². The minimum Gasteiger partial charge on any atom is -0.345 e. The molecular weight excluding hydrogens is 414 g/mol. The van der Waals surface area contributed by atoms with E-state index in [1.165, 1.54) is 34.2 Å². The van der Waals surface area contributed by atoms with Gasteiger partial charge in [0, 0.05) is 53.7 Å². The van der Waals surface area contributed by atoms with E-state index in [4.69, 9.17) is 0 Å². The molecule has 0 saturated heterocycles. The Bertz CT molecular complexity index is 1490. The molecule has 0 spiro atoms. The first-order valence-electron chi connectivity index (χ1n) is 9.42. The predicted molar refractivity (Wildman–Crippen MR) is 119 cm³/mol. The van der Waals surface area contributed by atoms with Crippen LogP contribution in [0.1, 0.15) is 15.2 Å². The van der Waals surface area contributed by atoms with E-state index in [1.807, 2.05) is 25.3 Å². The summed E-state index contributed by atoms with van der Waals surface area (Å²) in [4.78, 5) is 38.1. The number of aromatic nitrogens is 6. The summed E-state index contributed by atoms with van der Waals surface area (Å²) in [5, 5.41) is 8.37. The lowest BCUT2D eigenvalue weighted by Crippen LogP contribution is -2.20. The highest BCUT2D eigenvalue weighted by Crippen LogP contribution is 2.34. The molecule has 10 heteroatoms. The highest BCUT2D eigenvalue weighted by Gasteiger charge is 2.17. The second-order valence-electron chi connectivity index (χ2n) is 6.98. The van der Waals surface area contributed by atoms with Gasteiger partial charge in [0.15, 0.2) is 5.13 Å². The highest BCUT2D eigenvalue weighted by atomic mass is 32.1. The molecule has 5 heterocycles. The minimum absolute atomic E-state index is 0.245. The van der Waals surface area contributed by atoms with Crippen molar-refractivity contribution in [3.63, 3.8) is 0 Å². The largest absolute Gasteiger partial charge is 0.345 e. The van der Waals surface area contributed by atoms with Crippen LogP contribution in [-0.2, 0) is 7.05 Å². The molecule has 0 aliphatic carbocycles. The summed E-state index contributed by atoms with van der Waals surface area (Å²) in [5.74, 6) is -0.349. The van der Waals surface area contributed by atoms with E-state index in [2.05, 4.69) is 25.4 Å². The number of rotatable bonds is 4. The Morgan fingerprint density at radius 1 is 1.23 bits per heavy atom. The zero-order valence-corrected chi connectivity index (χ0v) is 17.5. The fourth-order valence-electron chi connectivity index (χ4n) is 3.38. The van der Waals surface area contributed by atoms with Crippen LogP contribution in [0.3, 0.4) is 0 Å². The summed E-state index contributed by atoms with van der Waals surface area (Å²) in [7, 11) is 1.76. The number of carbonyl (C=O) groups is 1. The molecule has 9 nitrogen and oxygen atoms in total. The zero-order chi connectivity index (χ0) is 21.5. The van der Waals surface area contributed by atoms with Crippen molar-refractivity contribution >= 4 is 33.4 Å². The van der Waals surface area contributed by atoms with Crippen molar-refractivity contribution in [1.82, 2.24) is 29.3 Å². The fraction of sp³-hybridized carbons (Fsp3) is 0.0952. The van der Waals surface area contributed by atoms with E-state index >= 15 is 0 Å². The van der Waals surface area contributed by atoms with Crippen LogP contribution < -0.4 is 10.9 Å². The van der Waals surface area contributed by atoms with Crippen LogP contribution in [0.4, 0.5) is 5.13 Å². The second kappa shape index (κ2) is 7.33. The molecule has 5 aromatic rings. The topological polar surface area (TPSA) is 110 Å². The molecule has 0 aliphatic rings. The van der Waals surface area contributed by atoms with Crippen LogP contribution >= 0.6 is 11.3 Å². The summed E-state index contributed by atoms with van der Waals surface area (Å²) in [6.45, 7) is 1.96. The minimum atomic E-state index is -0.349. The number of H-pyrrole nitrogens is 1. The van der Waals surface area contributed by atoms with Crippen molar-refractivity contribution in [1.29, 1.82) is 0 Å². The number of carbonyl (C=O) groups excluding carboxylic acids is 1. The monoisotopic (exact) mass is 431 g/mol. The molecular formula is C21H17N7O2S. The van der Waals surface area contributed by atoms with Gasteiger partial charge < -0.3 is 4.98 Å². The number of thiazole rings is 1. The number of anilines is 1. The fourth-order valence-corrected chi connectivity index (χ4v) is 4.20. The van der Waals surface area contributed by atoms with E-state index in [-0.39, 0.29) is 11.5 Å². The Morgan fingerprint density at radius 2 is 2.10 bits per heavy atom. The van der Waals surface area contributed by atoms with Crippen molar-refractivity contribution in [2.45, 2.75) is 6.92 Å². The molecule has 5 aromatic heterocycles. The number of aryl methyl sites for hydroxylation is 2. The van der Waals surface area contributed by atoms with Crippen LogP contribution in [0, 0.1) is 6.92 Å². The molecule has 0 aliphatic heterocycles. The molecule has 0 aromatic carbocycles. The normalized spacial score (nSPS) is 11.2. The number of aromatic amines is 1. The summed E-state index contributed by atoms with van der Waals surface area (Å²) >= 11 is 1.39. The average molecular weight is 431 g/mol. The van der Waals surface area contributed by atoms with Crippen LogP contribution in [0.15, 0.2) is 60.0 Å². The van der Waals surface area contributed by atoms with E-state index in [0.29, 0.717) is 16.4 Å². The molecule has 0 radical (unpaired) electrons. The molecule has 0 fully saturated rings. The predicted octanol–water partition coefficient (Wildman–Crippen LogP) is 3.13. The number of nitrogens with one attached hydrogen (secondary N) is 2. The van der Waals surface area contributed by atoms with Crippen molar-refractivity contribution < 1.29 is 4.79 Å². The molecule has 0 bridgehead atoms. The Hall–Kier alpha value is -4.05. The maximum Gasteiger partial charge on any atom is 0.258 e. The Kier molecular flexibility index (Phi) is 4.48. The van der Waals surface area contributed by atoms with Gasteiger partial charge in [0.1, 0.15) is 5.65 Å². The standard InChI is InChI=1S/C21H17N7O2S/c1-12-18(16-9-23-19-15(16)4-3-7-22-19)25-21(31-12)26-20(30)13-5-6-17(29)28(10-13)14-8-24-27(2)11-14/h3-11H,1-2H3,(H,22,23)(H,25,26,30).